The predicted molar refractivity (Wildman–Crippen MR) is 265 cm³/mol. The first-order valence-corrected chi connectivity index (χ1v) is 22.1. The van der Waals surface area contributed by atoms with Crippen molar-refractivity contribution in [1.82, 2.24) is 0 Å². The third-order valence-corrected chi connectivity index (χ3v) is 14.8. The van der Waals surface area contributed by atoms with Crippen molar-refractivity contribution in [2.24, 2.45) is 0 Å². The van der Waals surface area contributed by atoms with E-state index in [0.29, 0.717) is 0 Å². The zero-order valence-corrected chi connectivity index (χ0v) is 35.5. The molecule has 0 fully saturated rings. The number of rotatable bonds is 3. The number of benzene rings is 11. The molecule has 2 aliphatic rings. The molecule has 0 heterocycles. The number of hydrogen-bond acceptors (Lipinski definition) is 0. The van der Waals surface area contributed by atoms with Gasteiger partial charge in [0, 0.05) is 10.8 Å². The Morgan fingerprint density at radius 3 is 1.15 bits per heavy atom. The van der Waals surface area contributed by atoms with Crippen LogP contribution >= 0.6 is 0 Å². The molecule has 0 atom stereocenters. The summed E-state index contributed by atoms with van der Waals surface area (Å²) in [6, 6.07) is 73.9. The largest absolute Gasteiger partial charge is 0.0616 e. The average Bonchev–Trinajstić information content (AvgIpc) is 3.66. The standard InChI is InChI=1S/C62H44/c1-61(2)55-27-24-45(33-50(55)52-30-39-15-7-9-17-41(39)35-57(52)61)59-47-19-11-12-20-48(47)60(54-32-44(23-26-49(54)59)43-22-21-37-13-5-6-14-38(37)29-43)46-25-28-56-51(34-46)53-31-40-16-8-10-18-42(40)36-58(53)62(56,3)4/h5-36H,1-4H3. The molecule has 0 aliphatic heterocycles. The number of fused-ring (bicyclic) bond motifs is 11. The fourth-order valence-corrected chi connectivity index (χ4v) is 11.5. The second kappa shape index (κ2) is 12.6. The van der Waals surface area contributed by atoms with Gasteiger partial charge in [-0.2, -0.15) is 0 Å². The van der Waals surface area contributed by atoms with Gasteiger partial charge in [-0.15, -0.1) is 0 Å². The molecular formula is C62H44. The highest BCUT2D eigenvalue weighted by Gasteiger charge is 2.37. The Kier molecular flexibility index (Phi) is 7.23. The first kappa shape index (κ1) is 35.5. The van der Waals surface area contributed by atoms with Crippen LogP contribution in [0.25, 0.3) is 109 Å². The molecule has 0 nitrogen and oxygen atoms in total. The van der Waals surface area contributed by atoms with E-state index in [2.05, 4.69) is 222 Å². The molecule has 0 unspecified atom stereocenters. The molecule has 0 spiro atoms. The summed E-state index contributed by atoms with van der Waals surface area (Å²) in [5, 5.41) is 12.8. The second-order valence-corrected chi connectivity index (χ2v) is 18.9. The Balaban J connectivity index is 1.09. The van der Waals surface area contributed by atoms with Crippen LogP contribution in [-0.2, 0) is 10.8 Å². The molecule has 0 heteroatoms. The van der Waals surface area contributed by atoms with Crippen LogP contribution in [0.3, 0.4) is 0 Å². The van der Waals surface area contributed by atoms with Gasteiger partial charge in [-0.3, -0.25) is 0 Å². The van der Waals surface area contributed by atoms with Crippen molar-refractivity contribution in [3.8, 4) is 55.6 Å². The van der Waals surface area contributed by atoms with Crippen LogP contribution in [0.15, 0.2) is 194 Å². The van der Waals surface area contributed by atoms with E-state index in [1.165, 1.54) is 132 Å². The van der Waals surface area contributed by atoms with E-state index in [4.69, 9.17) is 0 Å². The molecule has 0 radical (unpaired) electrons. The quantitative estimate of drug-likeness (QED) is 0.156. The maximum atomic E-state index is 2.50. The topological polar surface area (TPSA) is 0 Å². The first-order chi connectivity index (χ1) is 30.2. The minimum absolute atomic E-state index is 0.0942. The zero-order valence-electron chi connectivity index (χ0n) is 35.5. The van der Waals surface area contributed by atoms with Crippen LogP contribution in [0.4, 0.5) is 0 Å². The summed E-state index contributed by atoms with van der Waals surface area (Å²) >= 11 is 0. The van der Waals surface area contributed by atoms with Crippen LogP contribution in [0.2, 0.25) is 0 Å². The van der Waals surface area contributed by atoms with Gasteiger partial charge in [0.2, 0.25) is 0 Å². The van der Waals surface area contributed by atoms with E-state index in [1.54, 1.807) is 0 Å². The lowest BCUT2D eigenvalue weighted by molar-refractivity contribution is 0.661. The van der Waals surface area contributed by atoms with Crippen LogP contribution in [0, 0.1) is 0 Å². The fraction of sp³-hybridized carbons (Fsp3) is 0.0968. The van der Waals surface area contributed by atoms with Gasteiger partial charge in [-0.1, -0.05) is 173 Å². The normalized spacial score (nSPS) is 14.4. The molecule has 0 aromatic heterocycles. The van der Waals surface area contributed by atoms with E-state index in [9.17, 15) is 0 Å². The van der Waals surface area contributed by atoms with Gasteiger partial charge in [0.15, 0.2) is 0 Å². The zero-order chi connectivity index (χ0) is 41.5. The molecule has 0 bridgehead atoms. The molecule has 11 aromatic carbocycles. The van der Waals surface area contributed by atoms with Crippen molar-refractivity contribution in [3.05, 3.63) is 216 Å². The smallest absolute Gasteiger partial charge is 0.0159 e. The maximum absolute atomic E-state index is 2.50. The van der Waals surface area contributed by atoms with Gasteiger partial charge in [0.1, 0.15) is 0 Å². The van der Waals surface area contributed by atoms with E-state index in [0.717, 1.165) is 0 Å². The molecular weight excluding hydrogens is 745 g/mol. The molecule has 11 aromatic rings. The summed E-state index contributed by atoms with van der Waals surface area (Å²) in [4.78, 5) is 0. The molecule has 0 saturated carbocycles. The molecule has 0 N–H and O–H groups in total. The van der Waals surface area contributed by atoms with Gasteiger partial charge >= 0.3 is 0 Å². The third-order valence-electron chi connectivity index (χ3n) is 14.8. The summed E-state index contributed by atoms with van der Waals surface area (Å²) < 4.78 is 0. The van der Waals surface area contributed by atoms with Gasteiger partial charge < -0.3 is 0 Å². The highest BCUT2D eigenvalue weighted by molar-refractivity contribution is 6.22. The lowest BCUT2D eigenvalue weighted by Crippen LogP contribution is -2.14. The van der Waals surface area contributed by atoms with Gasteiger partial charge in [-0.05, 0) is 180 Å². The Morgan fingerprint density at radius 1 is 0.242 bits per heavy atom. The summed E-state index contributed by atoms with van der Waals surface area (Å²) in [5.41, 5.74) is 18.3. The monoisotopic (exact) mass is 788 g/mol. The Bertz CT molecular complexity index is 3740. The Hall–Kier alpha value is -7.28. The van der Waals surface area contributed by atoms with Crippen molar-refractivity contribution >= 4 is 53.9 Å². The molecule has 0 amide bonds. The van der Waals surface area contributed by atoms with Crippen LogP contribution in [0.1, 0.15) is 49.9 Å². The number of hydrogen-bond donors (Lipinski definition) is 0. The molecule has 13 rings (SSSR count). The van der Waals surface area contributed by atoms with E-state index in [-0.39, 0.29) is 10.8 Å². The molecule has 62 heavy (non-hydrogen) atoms. The van der Waals surface area contributed by atoms with Crippen LogP contribution in [0.5, 0.6) is 0 Å². The lowest BCUT2D eigenvalue weighted by Gasteiger charge is -2.23. The van der Waals surface area contributed by atoms with Crippen molar-refractivity contribution in [2.75, 3.05) is 0 Å². The van der Waals surface area contributed by atoms with Gasteiger partial charge in [-0.25, -0.2) is 0 Å². The SMILES string of the molecule is CC1(C)c2ccc(-c3c4ccccc4c(-c4ccc5c(c4)-c4cc6ccccc6cc4C5(C)C)c4cc(-c5ccc6ccccc6c5)ccc34)cc2-c2cc3ccccc3cc21. The summed E-state index contributed by atoms with van der Waals surface area (Å²) in [6.45, 7) is 9.55. The molecule has 2 aliphatic carbocycles. The van der Waals surface area contributed by atoms with Crippen molar-refractivity contribution in [2.45, 2.75) is 38.5 Å². The minimum atomic E-state index is -0.0997. The third kappa shape index (κ3) is 4.95. The van der Waals surface area contributed by atoms with Crippen molar-refractivity contribution < 1.29 is 0 Å². The van der Waals surface area contributed by atoms with Gasteiger partial charge in [0.25, 0.3) is 0 Å². The summed E-state index contributed by atoms with van der Waals surface area (Å²) in [6.07, 6.45) is 0. The van der Waals surface area contributed by atoms with Gasteiger partial charge in [0.05, 0.1) is 0 Å². The van der Waals surface area contributed by atoms with Crippen LogP contribution in [-0.4, -0.2) is 0 Å². The Morgan fingerprint density at radius 2 is 0.613 bits per heavy atom. The molecule has 0 saturated heterocycles. The maximum Gasteiger partial charge on any atom is 0.0159 e. The van der Waals surface area contributed by atoms with E-state index >= 15 is 0 Å². The summed E-state index contributed by atoms with van der Waals surface area (Å²) in [7, 11) is 0. The van der Waals surface area contributed by atoms with E-state index in [1.807, 2.05) is 0 Å². The highest BCUT2D eigenvalue weighted by Crippen LogP contribution is 2.54. The van der Waals surface area contributed by atoms with Crippen molar-refractivity contribution in [3.63, 3.8) is 0 Å². The van der Waals surface area contributed by atoms with Crippen LogP contribution < -0.4 is 0 Å². The fourth-order valence-electron chi connectivity index (χ4n) is 11.5. The Labute approximate surface area is 362 Å². The molecule has 292 valence electrons. The second-order valence-electron chi connectivity index (χ2n) is 18.9. The lowest BCUT2D eigenvalue weighted by atomic mass is 9.80. The predicted octanol–water partition coefficient (Wildman–Crippen LogP) is 17.1. The van der Waals surface area contributed by atoms with Crippen molar-refractivity contribution in [1.29, 1.82) is 0 Å². The highest BCUT2D eigenvalue weighted by atomic mass is 14.4. The first-order valence-electron chi connectivity index (χ1n) is 22.1. The van der Waals surface area contributed by atoms with E-state index < -0.39 is 0 Å². The summed E-state index contributed by atoms with van der Waals surface area (Å²) in [5.74, 6) is 0. The minimum Gasteiger partial charge on any atom is -0.0616 e. The average molecular weight is 789 g/mol.